The van der Waals surface area contributed by atoms with E-state index in [2.05, 4.69) is 128 Å². The molecule has 0 spiro atoms. The predicted molar refractivity (Wildman–Crippen MR) is 334 cm³/mol. The number of halogens is 6. The summed E-state index contributed by atoms with van der Waals surface area (Å²) >= 11 is 3.23. The van der Waals surface area contributed by atoms with Crippen LogP contribution in [0.25, 0.3) is 34.2 Å². The zero-order chi connectivity index (χ0) is 62.3. The number of amides is 2. The third-order valence-electron chi connectivity index (χ3n) is 14.8. The van der Waals surface area contributed by atoms with E-state index in [0.717, 1.165) is 68.5 Å². The van der Waals surface area contributed by atoms with Gasteiger partial charge in [-0.25, -0.2) is 29.1 Å². The SMILES string of the molecule is Cc1ccc(C(C)C)c(N2CCC(Cc3ccc(C(C)C)c(N4C(=NC(O)NCCc5ccc(-c6ncn(-c7ccc(OC(F)(F)F)cc7)n6)cc5)SCC4C)c3)SC2=NC(=O)NCCc2ccc(-c3ncn(-c4ccc(OC(F)(F)F)cc4)n3)cc2)c1. The molecule has 10 rings (SSSR count). The molecule has 4 heterocycles. The monoisotopic (exact) mass is 1240 g/mol. The number of hydrogen-bond donors (Lipinski definition) is 3. The molecule has 2 amide bonds. The second-order valence-corrected chi connectivity index (χ2v) is 24.3. The molecule has 24 heteroatoms. The van der Waals surface area contributed by atoms with E-state index < -0.39 is 25.1 Å². The highest BCUT2D eigenvalue weighted by molar-refractivity contribution is 8.15. The van der Waals surface area contributed by atoms with Crippen molar-refractivity contribution in [3.05, 3.63) is 179 Å². The second-order valence-electron chi connectivity index (χ2n) is 22.0. The molecule has 2 aliphatic rings. The minimum atomic E-state index is -4.79. The van der Waals surface area contributed by atoms with Crippen molar-refractivity contribution in [1.29, 1.82) is 0 Å². The summed E-state index contributed by atoms with van der Waals surface area (Å²) in [4.78, 5) is 36.7. The number of rotatable bonds is 20. The first kappa shape index (κ1) is 62.8. The van der Waals surface area contributed by atoms with Crippen molar-refractivity contribution in [2.75, 3.05) is 35.2 Å². The molecule has 6 aromatic carbocycles. The number of aliphatic hydroxyl groups is 1. The van der Waals surface area contributed by atoms with E-state index in [1.165, 1.54) is 81.7 Å². The van der Waals surface area contributed by atoms with Crippen molar-refractivity contribution < 1.29 is 45.7 Å². The number of nitrogens with zero attached hydrogens (tertiary/aromatic N) is 10. The zero-order valence-electron chi connectivity index (χ0n) is 49.1. The Morgan fingerprint density at radius 2 is 1.20 bits per heavy atom. The van der Waals surface area contributed by atoms with E-state index in [9.17, 15) is 36.2 Å². The molecule has 16 nitrogen and oxygen atoms in total. The van der Waals surface area contributed by atoms with Gasteiger partial charge in [-0.3, -0.25) is 5.32 Å². The third-order valence-corrected chi connectivity index (χ3v) is 17.2. The number of alkyl halides is 6. The Hall–Kier alpha value is -8.19. The topological polar surface area (TPSA) is 172 Å². The molecule has 0 bridgehead atoms. The fourth-order valence-corrected chi connectivity index (χ4v) is 12.7. The fourth-order valence-electron chi connectivity index (χ4n) is 10.3. The standard InChI is InChI=1S/C64H66F6N12O4S2/c1-39(2)53-25-7-41(5)33-55(53)79-32-29-52(88-61(79)75-59(83)71-30-27-43-8-13-46(14-9-43)57-73-37-80(77-57)48-17-21-50(22-18-48)85-63(65,66)67)34-45-12-26-54(40(3)4)56(35-45)82-42(6)36-87-62(82)76-60(84)72-31-28-44-10-15-47(16-11-44)58-74-38-81(78-58)49-19-23-51(24-20-49)86-64(68,69)70/h7-26,33,35,37-40,42,52,60,72,84H,27-32,34,36H2,1-6H3,(H,71,83). The number of ether oxygens (including phenoxy) is 2. The van der Waals surface area contributed by atoms with Crippen molar-refractivity contribution in [3.63, 3.8) is 0 Å². The van der Waals surface area contributed by atoms with Crippen molar-refractivity contribution in [2.45, 2.75) is 109 Å². The van der Waals surface area contributed by atoms with Crippen LogP contribution in [0.3, 0.4) is 0 Å². The molecule has 3 N–H and O–H groups in total. The lowest BCUT2D eigenvalue weighted by molar-refractivity contribution is -0.275. The van der Waals surface area contributed by atoms with E-state index in [1.54, 1.807) is 23.5 Å². The van der Waals surface area contributed by atoms with E-state index in [1.807, 2.05) is 48.5 Å². The minimum absolute atomic E-state index is 0.100. The van der Waals surface area contributed by atoms with E-state index >= 15 is 0 Å². The van der Waals surface area contributed by atoms with E-state index in [4.69, 9.17) is 9.98 Å². The smallest absolute Gasteiger partial charge is 0.406 e. The lowest BCUT2D eigenvalue weighted by Crippen LogP contribution is -2.40. The van der Waals surface area contributed by atoms with Crippen LogP contribution < -0.4 is 29.9 Å². The molecule has 3 atom stereocenters. The van der Waals surface area contributed by atoms with Gasteiger partial charge >= 0.3 is 18.8 Å². The highest BCUT2D eigenvalue weighted by Crippen LogP contribution is 2.40. The van der Waals surface area contributed by atoms with Crippen LogP contribution in [0, 0.1) is 6.92 Å². The average molecular weight is 1250 g/mol. The Kier molecular flexibility index (Phi) is 19.6. The summed E-state index contributed by atoms with van der Waals surface area (Å²) in [6.07, 6.45) is -5.03. The van der Waals surface area contributed by atoms with Crippen LogP contribution in [-0.2, 0) is 19.3 Å². The van der Waals surface area contributed by atoms with Gasteiger partial charge in [0.25, 0.3) is 0 Å². The summed E-state index contributed by atoms with van der Waals surface area (Å²) in [5.74, 6) is 1.45. The molecule has 3 unspecified atom stereocenters. The van der Waals surface area contributed by atoms with Crippen LogP contribution in [0.1, 0.15) is 86.3 Å². The van der Waals surface area contributed by atoms with Gasteiger partial charge in [0.1, 0.15) is 24.2 Å². The predicted octanol–water partition coefficient (Wildman–Crippen LogP) is 13.8. The number of aliphatic imine (C=N–C) groups is 2. The molecule has 88 heavy (non-hydrogen) atoms. The Labute approximate surface area is 514 Å². The van der Waals surface area contributed by atoms with Crippen LogP contribution in [0.2, 0.25) is 0 Å². The van der Waals surface area contributed by atoms with Crippen molar-refractivity contribution in [2.24, 2.45) is 9.98 Å². The second kappa shape index (κ2) is 27.5. The van der Waals surface area contributed by atoms with Gasteiger partial charge in [0.2, 0.25) is 6.35 Å². The van der Waals surface area contributed by atoms with Gasteiger partial charge in [-0.1, -0.05) is 124 Å². The Morgan fingerprint density at radius 3 is 1.75 bits per heavy atom. The summed E-state index contributed by atoms with van der Waals surface area (Å²) in [7, 11) is 0. The van der Waals surface area contributed by atoms with Gasteiger partial charge < -0.3 is 29.7 Å². The lowest BCUT2D eigenvalue weighted by atomic mass is 9.96. The number of hydrogen-bond acceptors (Lipinski definition) is 12. The number of urea groups is 1. The summed E-state index contributed by atoms with van der Waals surface area (Å²) < 4.78 is 86.7. The van der Waals surface area contributed by atoms with Gasteiger partial charge in [-0.15, -0.1) is 36.5 Å². The van der Waals surface area contributed by atoms with Gasteiger partial charge in [-0.05, 0) is 145 Å². The molecule has 460 valence electrons. The number of anilines is 2. The summed E-state index contributed by atoms with van der Waals surface area (Å²) in [5.41, 5.74) is 11.2. The number of carbonyl (C=O) groups excluding carboxylic acids is 1. The van der Waals surface area contributed by atoms with Crippen LogP contribution in [-0.4, -0.2) is 107 Å². The number of aryl methyl sites for hydroxylation is 1. The number of amidine groups is 2. The largest absolute Gasteiger partial charge is 0.573 e. The Morgan fingerprint density at radius 1 is 0.682 bits per heavy atom. The van der Waals surface area contributed by atoms with Crippen LogP contribution in [0.5, 0.6) is 11.5 Å². The highest BCUT2D eigenvalue weighted by atomic mass is 32.2. The number of thioether (sulfide) groups is 2. The van der Waals surface area contributed by atoms with Crippen LogP contribution in [0.4, 0.5) is 42.5 Å². The third kappa shape index (κ3) is 16.3. The summed E-state index contributed by atoms with van der Waals surface area (Å²) in [6, 6.07) is 38.9. The molecule has 2 saturated heterocycles. The first-order valence-corrected chi connectivity index (χ1v) is 30.6. The molecule has 0 radical (unpaired) electrons. The molecular weight excluding hydrogens is 1180 g/mol. The first-order valence-electron chi connectivity index (χ1n) is 28.8. The molecule has 2 fully saturated rings. The minimum Gasteiger partial charge on any atom is -0.406 e. The molecule has 0 aliphatic carbocycles. The number of carbonyl (C=O) groups is 1. The van der Waals surface area contributed by atoms with Crippen molar-refractivity contribution in [1.82, 2.24) is 40.2 Å². The molecule has 2 aromatic heterocycles. The van der Waals surface area contributed by atoms with Crippen molar-refractivity contribution >= 4 is 51.3 Å². The summed E-state index contributed by atoms with van der Waals surface area (Å²) in [6.45, 7) is 14.4. The Bertz CT molecular complexity index is 3750. The number of benzene rings is 6. The van der Waals surface area contributed by atoms with Crippen LogP contribution >= 0.6 is 23.5 Å². The Balaban J connectivity index is 0.770. The number of nitrogens with one attached hydrogen (secondary N) is 2. The molecule has 2 aliphatic heterocycles. The molecule has 0 saturated carbocycles. The maximum Gasteiger partial charge on any atom is 0.573 e. The average Bonchev–Trinajstić information content (AvgIpc) is 1.96. The lowest BCUT2D eigenvalue weighted by Gasteiger charge is -2.36. The van der Waals surface area contributed by atoms with Gasteiger partial charge in [0.05, 0.1) is 11.4 Å². The van der Waals surface area contributed by atoms with Crippen molar-refractivity contribution in [3.8, 4) is 45.6 Å². The fraction of sp³-hybridized carbons (Fsp3) is 0.328. The van der Waals surface area contributed by atoms with Gasteiger partial charge in [0, 0.05) is 59.2 Å². The highest BCUT2D eigenvalue weighted by Gasteiger charge is 2.35. The summed E-state index contributed by atoms with van der Waals surface area (Å²) in [5, 5.41) is 28.0. The first-order chi connectivity index (χ1) is 42.1. The zero-order valence-corrected chi connectivity index (χ0v) is 50.8. The maximum absolute atomic E-state index is 13.9. The number of aromatic nitrogens is 6. The maximum atomic E-state index is 13.9. The quantitative estimate of drug-likeness (QED) is 0.0487. The van der Waals surface area contributed by atoms with E-state index in [-0.39, 0.29) is 34.6 Å². The molecular formula is C64H66F6N12O4S2. The normalized spacial score (nSPS) is 16.9. The van der Waals surface area contributed by atoms with Gasteiger partial charge in [0.15, 0.2) is 22.0 Å². The van der Waals surface area contributed by atoms with Crippen LogP contribution in [0.15, 0.2) is 156 Å². The molecule has 8 aromatic rings. The number of aliphatic hydroxyl groups excluding tert-OH is 1. The van der Waals surface area contributed by atoms with E-state index in [0.29, 0.717) is 60.7 Å². The van der Waals surface area contributed by atoms with Gasteiger partial charge in [-0.2, -0.15) is 4.99 Å².